The molecule has 2 aromatic carbocycles. The Balaban J connectivity index is 1.60. The maximum atomic E-state index is 13.4. The Bertz CT molecular complexity index is 1100. The van der Waals surface area contributed by atoms with Gasteiger partial charge in [0.05, 0.1) is 10.9 Å². The van der Waals surface area contributed by atoms with E-state index < -0.39 is 5.25 Å². The second kappa shape index (κ2) is 7.67. The van der Waals surface area contributed by atoms with Crippen LogP contribution in [0.15, 0.2) is 64.5 Å². The first-order chi connectivity index (χ1) is 14.2. The second-order valence-corrected chi connectivity index (χ2v) is 8.83. The van der Waals surface area contributed by atoms with E-state index in [0.29, 0.717) is 16.1 Å². The molecule has 0 N–H and O–H groups in total. The van der Waals surface area contributed by atoms with Crippen LogP contribution in [0.5, 0.6) is 0 Å². The molecule has 5 rings (SSSR count). The lowest BCUT2D eigenvalue weighted by Crippen LogP contribution is -2.32. The summed E-state index contributed by atoms with van der Waals surface area (Å²) in [6.07, 6.45) is 4.09. The Morgan fingerprint density at radius 1 is 1.00 bits per heavy atom. The van der Waals surface area contributed by atoms with E-state index in [1.165, 1.54) is 11.8 Å². The van der Waals surface area contributed by atoms with E-state index in [2.05, 4.69) is 0 Å². The number of likely N-dealkylation sites (tertiary alicyclic amines) is 1. The largest absolute Gasteiger partial charge is 0.341 e. The molecule has 2 heterocycles. The number of thioether (sulfide) groups is 1. The first-order valence-corrected chi connectivity index (χ1v) is 11.1. The lowest BCUT2D eigenvalue weighted by Gasteiger charge is -2.24. The van der Waals surface area contributed by atoms with Gasteiger partial charge in [-0.1, -0.05) is 54.2 Å². The van der Waals surface area contributed by atoms with Gasteiger partial charge >= 0.3 is 0 Å². The molecule has 29 heavy (non-hydrogen) atoms. The van der Waals surface area contributed by atoms with Crippen molar-refractivity contribution in [3.05, 3.63) is 70.5 Å². The minimum absolute atomic E-state index is 0.000957. The average Bonchev–Trinajstić information content (AvgIpc) is 3.43. The summed E-state index contributed by atoms with van der Waals surface area (Å²) in [5.74, 6) is 0.114. The predicted molar refractivity (Wildman–Crippen MR) is 115 cm³/mol. The van der Waals surface area contributed by atoms with Crippen molar-refractivity contribution in [2.75, 3.05) is 13.1 Å². The fourth-order valence-corrected chi connectivity index (χ4v) is 5.21. The van der Waals surface area contributed by atoms with Crippen molar-refractivity contribution in [1.29, 1.82) is 0 Å². The Labute approximate surface area is 173 Å². The third kappa shape index (κ3) is 3.57. The zero-order valence-electron chi connectivity index (χ0n) is 16.2. The predicted octanol–water partition coefficient (Wildman–Crippen LogP) is 4.19. The van der Waals surface area contributed by atoms with Crippen molar-refractivity contribution in [3.8, 4) is 0 Å². The van der Waals surface area contributed by atoms with Gasteiger partial charge in [0.1, 0.15) is 5.25 Å². The Hall–Kier alpha value is -2.60. The number of hydrogen-bond donors (Lipinski definition) is 0. The summed E-state index contributed by atoms with van der Waals surface area (Å²) >= 11 is 1.42. The van der Waals surface area contributed by atoms with Crippen LogP contribution in [-0.2, 0) is 4.79 Å². The molecule has 3 aromatic rings. The maximum absolute atomic E-state index is 13.4. The van der Waals surface area contributed by atoms with Crippen LogP contribution in [0, 0.1) is 0 Å². The van der Waals surface area contributed by atoms with Gasteiger partial charge in [0.15, 0.2) is 5.16 Å². The molecule has 1 atom stereocenters. The summed E-state index contributed by atoms with van der Waals surface area (Å²) in [6, 6.07) is 17.5. The fourth-order valence-electron chi connectivity index (χ4n) is 3.96. The van der Waals surface area contributed by atoms with Crippen LogP contribution in [0.4, 0.5) is 0 Å². The zero-order chi connectivity index (χ0) is 19.8. The van der Waals surface area contributed by atoms with Crippen molar-refractivity contribution in [1.82, 2.24) is 14.5 Å². The molecular formula is C23H23N3O2S. The second-order valence-electron chi connectivity index (χ2n) is 7.76. The number of carbonyl (C=O) groups is 1. The number of amides is 1. The Kier molecular flexibility index (Phi) is 4.87. The van der Waals surface area contributed by atoms with Crippen LogP contribution in [0.3, 0.4) is 0 Å². The molecule has 0 spiro atoms. The third-order valence-corrected chi connectivity index (χ3v) is 6.86. The molecule has 0 bridgehead atoms. The number of rotatable bonds is 5. The lowest BCUT2D eigenvalue weighted by atomic mass is 10.1. The topological polar surface area (TPSA) is 55.2 Å². The van der Waals surface area contributed by atoms with E-state index in [9.17, 15) is 9.59 Å². The highest BCUT2D eigenvalue weighted by Gasteiger charge is 2.33. The summed E-state index contributed by atoms with van der Waals surface area (Å²) in [4.78, 5) is 33.4. The van der Waals surface area contributed by atoms with Gasteiger partial charge in [0, 0.05) is 19.1 Å². The zero-order valence-corrected chi connectivity index (χ0v) is 17.0. The molecule has 2 fully saturated rings. The van der Waals surface area contributed by atoms with Gasteiger partial charge in [-0.05, 0) is 43.4 Å². The van der Waals surface area contributed by atoms with Crippen molar-refractivity contribution < 1.29 is 4.79 Å². The number of aromatic nitrogens is 2. The van der Waals surface area contributed by atoms with Crippen LogP contribution in [0.25, 0.3) is 10.9 Å². The first kappa shape index (κ1) is 18.4. The molecule has 1 aliphatic carbocycles. The molecule has 2 aliphatic rings. The van der Waals surface area contributed by atoms with Crippen LogP contribution in [0.1, 0.15) is 42.5 Å². The molecule has 0 unspecified atom stereocenters. The van der Waals surface area contributed by atoms with Gasteiger partial charge in [-0.2, -0.15) is 0 Å². The SMILES string of the molecule is O=C([C@@H](Sc1nc2ccccc2c(=O)n1C1CC1)c1ccccc1)N1CCCC1. The first-order valence-electron chi connectivity index (χ1n) is 10.2. The molecule has 1 aromatic heterocycles. The Morgan fingerprint density at radius 2 is 1.69 bits per heavy atom. The highest BCUT2D eigenvalue weighted by Crippen LogP contribution is 2.41. The number of carbonyl (C=O) groups excluding carboxylic acids is 1. The van der Waals surface area contributed by atoms with Crippen LogP contribution in [0.2, 0.25) is 0 Å². The summed E-state index contributed by atoms with van der Waals surface area (Å²) in [7, 11) is 0. The average molecular weight is 406 g/mol. The van der Waals surface area contributed by atoms with Crippen LogP contribution < -0.4 is 5.56 Å². The number of nitrogens with zero attached hydrogens (tertiary/aromatic N) is 3. The molecule has 1 amide bonds. The van der Waals surface area contributed by atoms with Crippen LogP contribution >= 0.6 is 11.8 Å². The minimum Gasteiger partial charge on any atom is -0.341 e. The van der Waals surface area contributed by atoms with Crippen molar-refractivity contribution in [3.63, 3.8) is 0 Å². The van der Waals surface area contributed by atoms with Gasteiger partial charge in [-0.15, -0.1) is 0 Å². The van der Waals surface area contributed by atoms with E-state index in [-0.39, 0.29) is 17.5 Å². The molecule has 5 nitrogen and oxygen atoms in total. The van der Waals surface area contributed by atoms with Gasteiger partial charge in [-0.3, -0.25) is 14.2 Å². The molecule has 1 saturated heterocycles. The van der Waals surface area contributed by atoms with Gasteiger partial charge in [0.2, 0.25) is 5.91 Å². The summed E-state index contributed by atoms with van der Waals surface area (Å²) in [6.45, 7) is 1.62. The van der Waals surface area contributed by atoms with E-state index in [4.69, 9.17) is 4.98 Å². The molecule has 1 saturated carbocycles. The third-order valence-electron chi connectivity index (χ3n) is 5.66. The summed E-state index contributed by atoms with van der Waals surface area (Å²) in [5, 5.41) is 0.899. The number of para-hydroxylation sites is 1. The van der Waals surface area contributed by atoms with Gasteiger partial charge in [-0.25, -0.2) is 4.98 Å². The standard InChI is InChI=1S/C23H23N3O2S/c27-21-18-10-4-5-11-19(18)24-23(26(21)17-12-13-17)29-20(16-8-2-1-3-9-16)22(28)25-14-6-7-15-25/h1-5,8-11,17,20H,6-7,12-15H2/t20-/m0/s1. The highest BCUT2D eigenvalue weighted by molar-refractivity contribution is 8.00. The van der Waals surface area contributed by atoms with Gasteiger partial charge < -0.3 is 4.90 Å². The monoisotopic (exact) mass is 405 g/mol. The highest BCUT2D eigenvalue weighted by atomic mass is 32.2. The maximum Gasteiger partial charge on any atom is 0.262 e. The van der Waals surface area contributed by atoms with Gasteiger partial charge in [0.25, 0.3) is 5.56 Å². The van der Waals surface area contributed by atoms with Crippen molar-refractivity contribution in [2.24, 2.45) is 0 Å². The fraction of sp³-hybridized carbons (Fsp3) is 0.348. The van der Waals surface area contributed by atoms with Crippen LogP contribution in [-0.4, -0.2) is 33.4 Å². The Morgan fingerprint density at radius 3 is 2.41 bits per heavy atom. The van der Waals surface area contributed by atoms with E-state index >= 15 is 0 Å². The molecular weight excluding hydrogens is 382 g/mol. The smallest absolute Gasteiger partial charge is 0.262 e. The normalized spacial score (nSPS) is 17.6. The molecule has 1 aliphatic heterocycles. The van der Waals surface area contributed by atoms with E-state index in [0.717, 1.165) is 44.3 Å². The molecule has 0 radical (unpaired) electrons. The van der Waals surface area contributed by atoms with E-state index in [1.807, 2.05) is 64.1 Å². The van der Waals surface area contributed by atoms with E-state index in [1.54, 1.807) is 0 Å². The summed E-state index contributed by atoms with van der Waals surface area (Å²) < 4.78 is 1.82. The minimum atomic E-state index is -0.396. The summed E-state index contributed by atoms with van der Waals surface area (Å²) in [5.41, 5.74) is 1.65. The molecule has 148 valence electrons. The molecule has 6 heteroatoms. The lowest BCUT2D eigenvalue weighted by molar-refractivity contribution is -0.129. The quantitative estimate of drug-likeness (QED) is 0.472. The number of fused-ring (bicyclic) bond motifs is 1. The van der Waals surface area contributed by atoms with Crippen molar-refractivity contribution >= 4 is 28.6 Å². The van der Waals surface area contributed by atoms with Crippen molar-refractivity contribution in [2.45, 2.75) is 42.1 Å². The number of benzene rings is 2. The number of hydrogen-bond acceptors (Lipinski definition) is 4.